The van der Waals surface area contributed by atoms with Crippen molar-refractivity contribution in [1.29, 1.82) is 0 Å². The molecular weight excluding hydrogens is 422 g/mol. The molecule has 0 N–H and O–H groups in total. The SMILES string of the molecule is COc1ccc(C2=C(C)C(N3CCN(c4cc(Cl)ccc4C)CC3)=NS2(=O)=O)cc1. The highest BCUT2D eigenvalue weighted by Crippen LogP contribution is 2.35. The Hall–Kier alpha value is -2.51. The highest BCUT2D eigenvalue weighted by Gasteiger charge is 2.34. The molecule has 2 aromatic rings. The fourth-order valence-electron chi connectivity index (χ4n) is 4.01. The Bertz CT molecular complexity index is 1130. The fourth-order valence-corrected chi connectivity index (χ4v) is 5.66. The van der Waals surface area contributed by atoms with Crippen molar-refractivity contribution in [3.05, 3.63) is 64.2 Å². The average molecular weight is 446 g/mol. The third-order valence-corrected chi connectivity index (χ3v) is 7.29. The summed E-state index contributed by atoms with van der Waals surface area (Å²) in [6.45, 7) is 6.81. The van der Waals surface area contributed by atoms with Crippen molar-refractivity contribution < 1.29 is 13.2 Å². The van der Waals surface area contributed by atoms with Crippen LogP contribution in [0.1, 0.15) is 18.1 Å². The molecule has 0 aromatic heterocycles. The molecule has 1 saturated heterocycles. The molecule has 2 heterocycles. The van der Waals surface area contributed by atoms with Gasteiger partial charge in [-0.05, 0) is 61.4 Å². The van der Waals surface area contributed by atoms with Crippen molar-refractivity contribution in [2.45, 2.75) is 13.8 Å². The summed E-state index contributed by atoms with van der Waals surface area (Å²) in [7, 11) is -2.15. The minimum atomic E-state index is -3.73. The Morgan fingerprint density at radius 1 is 0.967 bits per heavy atom. The molecule has 0 unspecified atom stereocenters. The summed E-state index contributed by atoms with van der Waals surface area (Å²) in [6, 6.07) is 12.9. The van der Waals surface area contributed by atoms with Gasteiger partial charge in [-0.15, -0.1) is 4.40 Å². The number of rotatable bonds is 3. The van der Waals surface area contributed by atoms with Crippen LogP contribution in [0.3, 0.4) is 0 Å². The van der Waals surface area contributed by atoms with Crippen LogP contribution < -0.4 is 9.64 Å². The van der Waals surface area contributed by atoms with Crippen LogP contribution in [-0.4, -0.2) is 52.4 Å². The van der Waals surface area contributed by atoms with E-state index in [4.69, 9.17) is 16.3 Å². The molecule has 0 atom stereocenters. The summed E-state index contributed by atoms with van der Waals surface area (Å²) in [4.78, 5) is 4.61. The maximum atomic E-state index is 12.8. The molecule has 8 heteroatoms. The average Bonchev–Trinajstić information content (AvgIpc) is 2.98. The second-order valence-electron chi connectivity index (χ2n) is 7.48. The van der Waals surface area contributed by atoms with E-state index in [1.165, 1.54) is 5.56 Å². The number of nitrogens with zero attached hydrogens (tertiary/aromatic N) is 3. The summed E-state index contributed by atoms with van der Waals surface area (Å²) >= 11 is 6.18. The molecule has 0 aliphatic carbocycles. The van der Waals surface area contributed by atoms with Gasteiger partial charge in [-0.2, -0.15) is 8.42 Å². The van der Waals surface area contributed by atoms with Crippen LogP contribution >= 0.6 is 11.6 Å². The molecule has 2 aromatic carbocycles. The van der Waals surface area contributed by atoms with E-state index in [0.717, 1.165) is 18.8 Å². The number of anilines is 1. The molecule has 0 radical (unpaired) electrons. The minimum absolute atomic E-state index is 0.272. The fraction of sp³-hybridized carbons (Fsp3) is 0.318. The lowest BCUT2D eigenvalue weighted by Crippen LogP contribution is -2.49. The second-order valence-corrected chi connectivity index (χ2v) is 9.45. The number of hydrogen-bond acceptors (Lipinski definition) is 5. The molecule has 4 rings (SSSR count). The van der Waals surface area contributed by atoms with Gasteiger partial charge >= 0.3 is 0 Å². The zero-order valence-corrected chi connectivity index (χ0v) is 18.8. The first-order valence-corrected chi connectivity index (χ1v) is 11.6. The van der Waals surface area contributed by atoms with E-state index in [1.54, 1.807) is 31.4 Å². The third kappa shape index (κ3) is 3.79. The van der Waals surface area contributed by atoms with Crippen molar-refractivity contribution >= 4 is 38.1 Å². The number of sulfonamides is 1. The number of ether oxygens (including phenoxy) is 1. The molecule has 30 heavy (non-hydrogen) atoms. The molecular formula is C22H24ClN3O3S. The van der Waals surface area contributed by atoms with Gasteiger partial charge in [-0.25, -0.2) is 0 Å². The number of piperazine rings is 1. The van der Waals surface area contributed by atoms with Gasteiger partial charge in [0.2, 0.25) is 0 Å². The van der Waals surface area contributed by atoms with Crippen LogP contribution in [0.25, 0.3) is 4.91 Å². The second kappa shape index (κ2) is 7.96. The number of hydrogen-bond donors (Lipinski definition) is 0. The maximum absolute atomic E-state index is 12.8. The van der Waals surface area contributed by atoms with Crippen LogP contribution in [0.5, 0.6) is 5.75 Å². The Kier molecular flexibility index (Phi) is 5.51. The molecule has 0 bridgehead atoms. The Morgan fingerprint density at radius 2 is 1.60 bits per heavy atom. The minimum Gasteiger partial charge on any atom is -0.497 e. The molecule has 0 saturated carbocycles. The first-order chi connectivity index (χ1) is 14.3. The van der Waals surface area contributed by atoms with Gasteiger partial charge in [-0.1, -0.05) is 17.7 Å². The van der Waals surface area contributed by atoms with Crippen LogP contribution in [-0.2, 0) is 10.0 Å². The largest absolute Gasteiger partial charge is 0.497 e. The molecule has 6 nitrogen and oxygen atoms in total. The topological polar surface area (TPSA) is 62.2 Å². The number of benzene rings is 2. The van der Waals surface area contributed by atoms with E-state index >= 15 is 0 Å². The Balaban J connectivity index is 1.56. The van der Waals surface area contributed by atoms with Gasteiger partial charge in [0.15, 0.2) is 0 Å². The summed E-state index contributed by atoms with van der Waals surface area (Å²) in [5.74, 6) is 1.23. The van der Waals surface area contributed by atoms with E-state index in [0.29, 0.717) is 40.8 Å². The number of halogens is 1. The van der Waals surface area contributed by atoms with Gasteiger partial charge in [0, 0.05) is 42.5 Å². The Labute approximate surface area is 182 Å². The standard InChI is InChI=1S/C22H24ClN3O3S/c1-15-4-7-18(23)14-20(15)25-10-12-26(13-11-25)22-16(2)21(30(27,28)24-22)17-5-8-19(29-3)9-6-17/h4-9,14H,10-13H2,1-3H3. The molecule has 1 fully saturated rings. The predicted octanol–water partition coefficient (Wildman–Crippen LogP) is 3.95. The smallest absolute Gasteiger partial charge is 0.285 e. The Morgan fingerprint density at radius 3 is 2.23 bits per heavy atom. The molecule has 0 amide bonds. The first kappa shape index (κ1) is 20.8. The van der Waals surface area contributed by atoms with Crippen molar-refractivity contribution in [3.63, 3.8) is 0 Å². The van der Waals surface area contributed by atoms with Gasteiger partial charge in [0.25, 0.3) is 10.0 Å². The zero-order chi connectivity index (χ0) is 21.5. The predicted molar refractivity (Wildman–Crippen MR) is 122 cm³/mol. The van der Waals surface area contributed by atoms with Crippen molar-refractivity contribution in [2.24, 2.45) is 4.40 Å². The normalized spacial score (nSPS) is 18.6. The summed E-state index contributed by atoms with van der Waals surface area (Å²) < 4.78 is 34.9. The summed E-state index contributed by atoms with van der Waals surface area (Å²) in [5.41, 5.74) is 3.61. The lowest BCUT2D eigenvalue weighted by molar-refractivity contribution is 0.386. The number of amidine groups is 1. The van der Waals surface area contributed by atoms with Gasteiger partial charge in [0.1, 0.15) is 16.5 Å². The van der Waals surface area contributed by atoms with Crippen LogP contribution in [0.4, 0.5) is 5.69 Å². The quantitative estimate of drug-likeness (QED) is 0.715. The lowest BCUT2D eigenvalue weighted by Gasteiger charge is -2.38. The van der Waals surface area contributed by atoms with Gasteiger partial charge in [-0.3, -0.25) is 0 Å². The van der Waals surface area contributed by atoms with Crippen LogP contribution in [0.15, 0.2) is 52.4 Å². The van der Waals surface area contributed by atoms with Crippen LogP contribution in [0.2, 0.25) is 5.02 Å². The van der Waals surface area contributed by atoms with Crippen molar-refractivity contribution in [1.82, 2.24) is 4.90 Å². The van der Waals surface area contributed by atoms with Crippen molar-refractivity contribution in [3.8, 4) is 5.75 Å². The highest BCUT2D eigenvalue weighted by molar-refractivity contribution is 8.00. The van der Waals surface area contributed by atoms with Crippen LogP contribution in [0, 0.1) is 6.92 Å². The van der Waals surface area contributed by atoms with Crippen molar-refractivity contribution in [2.75, 3.05) is 38.2 Å². The number of aryl methyl sites for hydroxylation is 1. The molecule has 0 spiro atoms. The van der Waals surface area contributed by atoms with E-state index < -0.39 is 10.0 Å². The third-order valence-electron chi connectivity index (χ3n) is 5.58. The highest BCUT2D eigenvalue weighted by atomic mass is 35.5. The summed E-state index contributed by atoms with van der Waals surface area (Å²) in [5, 5.41) is 0.715. The van der Waals surface area contributed by atoms with Gasteiger partial charge in [0.05, 0.1) is 7.11 Å². The zero-order valence-electron chi connectivity index (χ0n) is 17.2. The van der Waals surface area contributed by atoms with E-state index in [1.807, 2.05) is 25.1 Å². The maximum Gasteiger partial charge on any atom is 0.285 e. The molecule has 2 aliphatic rings. The molecule has 158 valence electrons. The number of methoxy groups -OCH3 is 1. The lowest BCUT2D eigenvalue weighted by atomic mass is 10.1. The van der Waals surface area contributed by atoms with E-state index in [9.17, 15) is 8.42 Å². The summed E-state index contributed by atoms with van der Waals surface area (Å²) in [6.07, 6.45) is 0. The van der Waals surface area contributed by atoms with E-state index in [-0.39, 0.29) is 4.91 Å². The van der Waals surface area contributed by atoms with E-state index in [2.05, 4.69) is 21.1 Å². The first-order valence-electron chi connectivity index (χ1n) is 9.77. The monoisotopic (exact) mass is 445 g/mol. The molecule has 2 aliphatic heterocycles. The van der Waals surface area contributed by atoms with Gasteiger partial charge < -0.3 is 14.5 Å².